The molecular weight excluding hydrogens is 562 g/mol. The number of amides is 1. The summed E-state index contributed by atoms with van der Waals surface area (Å²) in [6.07, 6.45) is 1.76. The number of rotatable bonds is 13. The fourth-order valence-electron chi connectivity index (χ4n) is 4.38. The molecule has 0 saturated heterocycles. The summed E-state index contributed by atoms with van der Waals surface area (Å²) in [4.78, 5) is 18.8. The first-order valence-electron chi connectivity index (χ1n) is 12.6. The lowest BCUT2D eigenvalue weighted by Crippen LogP contribution is -2.52. The van der Waals surface area contributed by atoms with E-state index in [2.05, 4.69) is 33.4 Å². The normalized spacial score (nSPS) is 18.1. The number of aliphatic imine (C=N–C) groups is 1. The zero-order chi connectivity index (χ0) is 27.7. The van der Waals surface area contributed by atoms with Crippen molar-refractivity contribution < 1.29 is 24.1 Å². The zero-order valence-electron chi connectivity index (χ0n) is 21.7. The topological polar surface area (TPSA) is 101 Å². The number of halogens is 1. The summed E-state index contributed by atoms with van der Waals surface area (Å²) < 4.78 is 18.3. The lowest BCUT2D eigenvalue weighted by atomic mass is 9.84. The number of hydrogen-bond donors (Lipinski definition) is 3. The van der Waals surface area contributed by atoms with E-state index in [0.29, 0.717) is 36.8 Å². The molecule has 1 amide bonds. The number of carbonyl (C=O) groups excluding carboxylic acids is 1. The van der Waals surface area contributed by atoms with Crippen molar-refractivity contribution in [3.05, 3.63) is 107 Å². The third kappa shape index (κ3) is 6.50. The van der Waals surface area contributed by atoms with Crippen LogP contribution in [0.3, 0.4) is 0 Å². The minimum absolute atomic E-state index is 0.0698. The first-order valence-corrected chi connectivity index (χ1v) is 13.4. The van der Waals surface area contributed by atoms with Gasteiger partial charge in [0, 0.05) is 47.2 Å². The maximum absolute atomic E-state index is 13.9. The molecule has 9 heteroatoms. The maximum atomic E-state index is 13.9. The van der Waals surface area contributed by atoms with Gasteiger partial charge in [0.2, 0.25) is 5.90 Å². The fourth-order valence-corrected chi connectivity index (χ4v) is 4.87. The Labute approximate surface area is 236 Å². The van der Waals surface area contributed by atoms with E-state index < -0.39 is 11.6 Å². The molecule has 3 N–H and O–H groups in total. The number of aliphatic hydroxyl groups is 1. The van der Waals surface area contributed by atoms with Gasteiger partial charge in [-0.3, -0.25) is 10.2 Å². The second kappa shape index (κ2) is 13.4. The van der Waals surface area contributed by atoms with Gasteiger partial charge in [0.1, 0.15) is 11.5 Å². The molecule has 0 unspecified atom stereocenters. The smallest absolute Gasteiger partial charge is 0.266 e. The summed E-state index contributed by atoms with van der Waals surface area (Å²) in [7, 11) is 1.61. The summed E-state index contributed by atoms with van der Waals surface area (Å²) in [6, 6.07) is 22.5. The molecule has 0 spiro atoms. The third-order valence-electron chi connectivity index (χ3n) is 6.35. The van der Waals surface area contributed by atoms with Crippen LogP contribution < -0.4 is 20.3 Å². The molecule has 3 aromatic carbocycles. The number of methoxy groups -OCH3 is 1. The highest BCUT2D eigenvalue weighted by Gasteiger charge is 2.53. The Kier molecular flexibility index (Phi) is 9.75. The summed E-state index contributed by atoms with van der Waals surface area (Å²) >= 11 is 3.62. The predicted molar refractivity (Wildman–Crippen MR) is 154 cm³/mol. The van der Waals surface area contributed by atoms with Crippen molar-refractivity contribution in [3.8, 4) is 11.5 Å². The zero-order valence-corrected chi connectivity index (χ0v) is 23.3. The quantitative estimate of drug-likeness (QED) is 0.148. The molecule has 204 valence electrons. The average Bonchev–Trinajstić information content (AvgIpc) is 3.34. The number of para-hydroxylation sites is 1. The Bertz CT molecular complexity index is 1310. The summed E-state index contributed by atoms with van der Waals surface area (Å²) in [6.45, 7) is 4.75. The van der Waals surface area contributed by atoms with Crippen molar-refractivity contribution in [2.24, 2.45) is 4.99 Å². The molecule has 1 heterocycles. The Morgan fingerprint density at radius 2 is 1.90 bits per heavy atom. The van der Waals surface area contributed by atoms with E-state index >= 15 is 0 Å². The van der Waals surface area contributed by atoms with Crippen LogP contribution in [0.4, 0.5) is 0 Å². The predicted octanol–water partition coefficient (Wildman–Crippen LogP) is 4.87. The van der Waals surface area contributed by atoms with Crippen molar-refractivity contribution in [2.45, 2.75) is 31.0 Å². The van der Waals surface area contributed by atoms with Crippen LogP contribution in [0.2, 0.25) is 0 Å². The van der Waals surface area contributed by atoms with Crippen LogP contribution in [-0.4, -0.2) is 42.8 Å². The fraction of sp³-hybridized carbons (Fsp3) is 0.267. The molecule has 0 bridgehead atoms. The van der Waals surface area contributed by atoms with Gasteiger partial charge in [-0.2, -0.15) is 0 Å². The largest absolute Gasteiger partial charge is 0.496 e. The highest BCUT2D eigenvalue weighted by molar-refractivity contribution is 9.10. The van der Waals surface area contributed by atoms with Gasteiger partial charge in [-0.05, 0) is 36.4 Å². The Hall–Kier alpha value is -3.66. The number of nitrogens with zero attached hydrogens (tertiary/aromatic N) is 1. The van der Waals surface area contributed by atoms with Crippen LogP contribution in [0.25, 0.3) is 0 Å². The third-order valence-corrected chi connectivity index (χ3v) is 7.07. The van der Waals surface area contributed by atoms with Crippen LogP contribution in [0.5, 0.6) is 11.5 Å². The summed E-state index contributed by atoms with van der Waals surface area (Å²) in [5, 5.41) is 8.98. The molecule has 0 aromatic heterocycles. The molecule has 1 aliphatic rings. The SMILES string of the molecule is C=CC[C@]1(C(=O)NNCc2ccccc2OC)N=C(c2ccc(OCCCO)cc2)O[C@H]1c1ccccc1Br. The van der Waals surface area contributed by atoms with E-state index in [1.807, 2.05) is 72.8 Å². The van der Waals surface area contributed by atoms with Crippen molar-refractivity contribution in [1.29, 1.82) is 0 Å². The highest BCUT2D eigenvalue weighted by atomic mass is 79.9. The van der Waals surface area contributed by atoms with Gasteiger partial charge >= 0.3 is 0 Å². The van der Waals surface area contributed by atoms with E-state index in [1.165, 1.54) is 0 Å². The molecule has 0 fully saturated rings. The number of nitrogens with one attached hydrogen (secondary N) is 2. The standard InChI is InChI=1S/C30H32BrN3O5/c1-3-17-30(29(36)34-32-20-22-9-4-7-12-26(22)37-2)27(24-10-5-6-11-25(24)31)39-28(33-30)21-13-15-23(16-14-21)38-19-8-18-35/h3-7,9-16,27,32,35H,1,8,17-20H2,2H3,(H,34,36)/t27-,30-/m0/s1. The van der Waals surface area contributed by atoms with Gasteiger partial charge in [0.15, 0.2) is 11.6 Å². The van der Waals surface area contributed by atoms with Crippen molar-refractivity contribution in [1.82, 2.24) is 10.9 Å². The average molecular weight is 595 g/mol. The molecule has 39 heavy (non-hydrogen) atoms. The molecule has 0 radical (unpaired) electrons. The number of benzene rings is 3. The molecular formula is C30H32BrN3O5. The number of ether oxygens (including phenoxy) is 3. The van der Waals surface area contributed by atoms with Gasteiger partial charge in [-0.1, -0.05) is 58.4 Å². The van der Waals surface area contributed by atoms with Crippen LogP contribution in [0.15, 0.2) is 94.9 Å². The second-order valence-corrected chi connectivity index (χ2v) is 9.78. The number of hydrazine groups is 1. The van der Waals surface area contributed by atoms with Gasteiger partial charge in [0.05, 0.1) is 13.7 Å². The second-order valence-electron chi connectivity index (χ2n) is 8.92. The van der Waals surface area contributed by atoms with E-state index in [4.69, 9.17) is 24.3 Å². The molecule has 0 aliphatic carbocycles. The Balaban J connectivity index is 1.63. The molecule has 0 saturated carbocycles. The Morgan fingerprint density at radius 1 is 1.15 bits per heavy atom. The van der Waals surface area contributed by atoms with Crippen LogP contribution in [0.1, 0.15) is 35.6 Å². The van der Waals surface area contributed by atoms with E-state index in [1.54, 1.807) is 13.2 Å². The molecule has 2 atom stereocenters. The van der Waals surface area contributed by atoms with Crippen LogP contribution in [0, 0.1) is 0 Å². The molecule has 4 rings (SSSR count). The highest BCUT2D eigenvalue weighted by Crippen LogP contribution is 2.44. The van der Waals surface area contributed by atoms with Gasteiger partial charge in [-0.15, -0.1) is 6.58 Å². The molecule has 1 aliphatic heterocycles. The minimum atomic E-state index is -1.31. The molecule has 8 nitrogen and oxygen atoms in total. The number of hydrogen-bond acceptors (Lipinski definition) is 7. The van der Waals surface area contributed by atoms with Crippen molar-refractivity contribution in [2.75, 3.05) is 20.3 Å². The molecule has 3 aromatic rings. The summed E-state index contributed by atoms with van der Waals surface area (Å²) in [5.74, 6) is 1.39. The van der Waals surface area contributed by atoms with Crippen LogP contribution >= 0.6 is 15.9 Å². The lowest BCUT2D eigenvalue weighted by molar-refractivity contribution is -0.130. The first kappa shape index (κ1) is 28.4. The monoisotopic (exact) mass is 593 g/mol. The van der Waals surface area contributed by atoms with Crippen LogP contribution in [-0.2, 0) is 16.1 Å². The number of carbonyl (C=O) groups is 1. The van der Waals surface area contributed by atoms with Crippen molar-refractivity contribution in [3.63, 3.8) is 0 Å². The van der Waals surface area contributed by atoms with E-state index in [-0.39, 0.29) is 18.9 Å². The Morgan fingerprint density at radius 3 is 2.62 bits per heavy atom. The van der Waals surface area contributed by atoms with Gasteiger partial charge < -0.3 is 19.3 Å². The van der Waals surface area contributed by atoms with Gasteiger partial charge in [-0.25, -0.2) is 10.4 Å². The summed E-state index contributed by atoms with van der Waals surface area (Å²) in [5.41, 5.74) is 6.95. The van der Waals surface area contributed by atoms with E-state index in [9.17, 15) is 4.79 Å². The van der Waals surface area contributed by atoms with Crippen molar-refractivity contribution >= 4 is 27.7 Å². The maximum Gasteiger partial charge on any atom is 0.266 e. The van der Waals surface area contributed by atoms with E-state index in [0.717, 1.165) is 21.3 Å². The number of aliphatic hydroxyl groups excluding tert-OH is 1. The minimum Gasteiger partial charge on any atom is -0.496 e. The lowest BCUT2D eigenvalue weighted by Gasteiger charge is -2.30. The first-order chi connectivity index (χ1) is 19.0. The van der Waals surface area contributed by atoms with Gasteiger partial charge in [0.25, 0.3) is 5.91 Å².